The fourth-order valence-electron chi connectivity index (χ4n) is 3.38. The van der Waals surface area contributed by atoms with Crippen LogP contribution in [0.1, 0.15) is 61.3 Å². The number of carboxylic acid groups (broad SMARTS) is 1. The summed E-state index contributed by atoms with van der Waals surface area (Å²) in [4.78, 5) is 24.9. The van der Waals surface area contributed by atoms with E-state index in [1.807, 2.05) is 16.8 Å². The molecule has 0 bridgehead atoms. The van der Waals surface area contributed by atoms with Crippen molar-refractivity contribution < 1.29 is 14.7 Å². The van der Waals surface area contributed by atoms with E-state index in [2.05, 4.69) is 30.0 Å². The van der Waals surface area contributed by atoms with E-state index in [-0.39, 0.29) is 12.5 Å². The van der Waals surface area contributed by atoms with Crippen molar-refractivity contribution in [3.63, 3.8) is 0 Å². The average Bonchev–Trinajstić information content (AvgIpc) is 3.00. The Morgan fingerprint density at radius 2 is 1.82 bits per heavy atom. The van der Waals surface area contributed by atoms with Gasteiger partial charge >= 0.3 is 0 Å². The quantitative estimate of drug-likeness (QED) is 0.733. The van der Waals surface area contributed by atoms with Crippen molar-refractivity contribution in [3.8, 4) is 5.69 Å². The summed E-state index contributed by atoms with van der Waals surface area (Å²) < 4.78 is 1.90. The van der Waals surface area contributed by atoms with Gasteiger partial charge < -0.3 is 16.6 Å². The van der Waals surface area contributed by atoms with Crippen molar-refractivity contribution in [1.82, 2.24) is 14.8 Å². The third kappa shape index (κ3) is 5.63. The fraction of sp³-hybridized carbons (Fsp3) is 0.500. The first-order valence-corrected chi connectivity index (χ1v) is 9.44. The molecule has 0 spiro atoms. The molecule has 1 fully saturated rings. The van der Waals surface area contributed by atoms with Gasteiger partial charge in [-0.2, -0.15) is 5.10 Å². The van der Waals surface area contributed by atoms with Gasteiger partial charge in [0.2, 0.25) is 5.91 Å². The van der Waals surface area contributed by atoms with Crippen LogP contribution in [0.3, 0.4) is 0 Å². The highest BCUT2D eigenvalue weighted by molar-refractivity contribution is 5.75. The first-order valence-electron chi connectivity index (χ1n) is 9.44. The maximum atomic E-state index is 11.3. The Morgan fingerprint density at radius 1 is 1.21 bits per heavy atom. The number of benzene rings is 1. The Morgan fingerprint density at radius 3 is 2.39 bits per heavy atom. The monoisotopic (exact) mass is 387 g/mol. The van der Waals surface area contributed by atoms with Gasteiger partial charge in [0, 0.05) is 18.9 Å². The summed E-state index contributed by atoms with van der Waals surface area (Å²) in [6.45, 7) is 5.25. The van der Waals surface area contributed by atoms with Crippen LogP contribution in [0.15, 0.2) is 18.2 Å². The van der Waals surface area contributed by atoms with Crippen LogP contribution in [0.5, 0.6) is 0 Å². The average molecular weight is 387 g/mol. The summed E-state index contributed by atoms with van der Waals surface area (Å²) in [7, 11) is 0. The molecule has 5 N–H and O–H groups in total. The lowest BCUT2D eigenvalue weighted by atomic mass is 9.86. The smallest absolute Gasteiger partial charge is 0.300 e. The number of rotatable bonds is 4. The van der Waals surface area contributed by atoms with E-state index in [1.165, 1.54) is 11.1 Å². The second-order valence-corrected chi connectivity index (χ2v) is 7.29. The summed E-state index contributed by atoms with van der Waals surface area (Å²) in [5, 5.41) is 12.0. The highest BCUT2D eigenvalue weighted by Gasteiger charge is 2.26. The molecule has 8 nitrogen and oxygen atoms in total. The molecular weight excluding hydrogens is 358 g/mol. The maximum absolute atomic E-state index is 11.3. The van der Waals surface area contributed by atoms with Gasteiger partial charge in [-0.05, 0) is 56.7 Å². The number of primary amides is 1. The molecule has 152 valence electrons. The molecule has 28 heavy (non-hydrogen) atoms. The topological polar surface area (TPSA) is 137 Å². The second kappa shape index (κ2) is 9.45. The number of aromatic nitrogens is 3. The van der Waals surface area contributed by atoms with Crippen LogP contribution in [-0.2, 0) is 16.0 Å². The molecule has 0 atom stereocenters. The van der Waals surface area contributed by atoms with Gasteiger partial charge in [-0.25, -0.2) is 9.67 Å². The lowest BCUT2D eigenvalue weighted by Gasteiger charge is -2.25. The van der Waals surface area contributed by atoms with Gasteiger partial charge in [0.1, 0.15) is 5.82 Å². The Bertz CT molecular complexity index is 834. The molecular formula is C20H29N5O3. The van der Waals surface area contributed by atoms with E-state index >= 15 is 0 Å². The predicted octanol–water partition coefficient (Wildman–Crippen LogP) is 1.99. The molecule has 1 saturated carbocycles. The second-order valence-electron chi connectivity index (χ2n) is 7.29. The molecule has 1 aliphatic rings. The van der Waals surface area contributed by atoms with Crippen molar-refractivity contribution >= 4 is 11.9 Å². The summed E-state index contributed by atoms with van der Waals surface area (Å²) in [5.41, 5.74) is 14.8. The van der Waals surface area contributed by atoms with E-state index in [0.717, 1.165) is 44.1 Å². The molecule has 1 aliphatic carbocycles. The molecule has 8 heteroatoms. The van der Waals surface area contributed by atoms with Crippen molar-refractivity contribution in [2.75, 3.05) is 0 Å². The number of carboxylic acids is 1. The van der Waals surface area contributed by atoms with Gasteiger partial charge in [0.25, 0.3) is 5.97 Å². The molecule has 1 amide bonds. The molecule has 1 aromatic carbocycles. The summed E-state index contributed by atoms with van der Waals surface area (Å²) in [6.07, 6.45) is 4.06. The van der Waals surface area contributed by atoms with Crippen molar-refractivity contribution in [2.45, 2.75) is 64.8 Å². The largest absolute Gasteiger partial charge is 0.481 e. The van der Waals surface area contributed by atoms with Gasteiger partial charge in [-0.1, -0.05) is 12.1 Å². The number of hydrogen-bond donors (Lipinski definition) is 3. The Hall–Kier alpha value is -2.74. The van der Waals surface area contributed by atoms with Crippen molar-refractivity contribution in [1.29, 1.82) is 0 Å². The minimum atomic E-state index is -0.833. The van der Waals surface area contributed by atoms with E-state index in [0.29, 0.717) is 11.7 Å². The molecule has 3 rings (SSSR count). The molecule has 0 saturated heterocycles. The zero-order chi connectivity index (χ0) is 20.8. The zero-order valence-corrected chi connectivity index (χ0v) is 16.7. The van der Waals surface area contributed by atoms with Crippen molar-refractivity contribution in [3.05, 3.63) is 41.0 Å². The first-order chi connectivity index (χ1) is 13.2. The SMILES string of the molecule is CC(=O)O.Cc1cccc(-n2nc(CC(N)=O)nc2C2CCC(N)CC2)c1C. The van der Waals surface area contributed by atoms with Crippen LogP contribution >= 0.6 is 0 Å². The molecule has 2 aromatic rings. The minimum absolute atomic E-state index is 0.0666. The fourth-order valence-corrected chi connectivity index (χ4v) is 3.38. The number of carbonyl (C=O) groups excluding carboxylic acids is 1. The normalized spacial score (nSPS) is 18.9. The Labute approximate surface area is 164 Å². The number of aryl methyl sites for hydroxylation is 1. The van der Waals surface area contributed by atoms with Crippen LogP contribution in [0.4, 0.5) is 0 Å². The molecule has 0 unspecified atom stereocenters. The number of hydrogen-bond acceptors (Lipinski definition) is 5. The Balaban J connectivity index is 0.000000640. The molecule has 0 radical (unpaired) electrons. The minimum Gasteiger partial charge on any atom is -0.481 e. The van der Waals surface area contributed by atoms with Crippen LogP contribution in [0.2, 0.25) is 0 Å². The summed E-state index contributed by atoms with van der Waals surface area (Å²) >= 11 is 0. The van der Waals surface area contributed by atoms with E-state index in [9.17, 15) is 4.79 Å². The van der Waals surface area contributed by atoms with Gasteiger partial charge in [-0.15, -0.1) is 0 Å². The van der Waals surface area contributed by atoms with Crippen LogP contribution in [0, 0.1) is 13.8 Å². The third-order valence-electron chi connectivity index (χ3n) is 4.95. The number of nitrogens with two attached hydrogens (primary N) is 2. The van der Waals surface area contributed by atoms with Crippen LogP contribution < -0.4 is 11.5 Å². The number of carbonyl (C=O) groups is 2. The standard InChI is InChI=1S/C18H25N5O.C2H4O2/c1-11-4-3-5-15(12(11)2)23-18(13-6-8-14(19)9-7-13)21-17(22-23)10-16(20)24;1-2(3)4/h3-5,13-14H,6-10,19H2,1-2H3,(H2,20,24);1H3,(H,3,4). The van der Waals surface area contributed by atoms with E-state index in [4.69, 9.17) is 21.4 Å². The maximum Gasteiger partial charge on any atom is 0.300 e. The van der Waals surface area contributed by atoms with Crippen LogP contribution in [-0.4, -0.2) is 37.8 Å². The summed E-state index contributed by atoms with van der Waals surface area (Å²) in [6, 6.07) is 6.43. The van der Waals surface area contributed by atoms with E-state index in [1.54, 1.807) is 0 Å². The number of nitrogens with zero attached hydrogens (tertiary/aromatic N) is 3. The van der Waals surface area contributed by atoms with Gasteiger partial charge in [0.15, 0.2) is 5.82 Å². The summed E-state index contributed by atoms with van der Waals surface area (Å²) in [5.74, 6) is 0.490. The Kier molecular flexibility index (Phi) is 7.28. The molecule has 1 heterocycles. The third-order valence-corrected chi connectivity index (χ3v) is 4.95. The van der Waals surface area contributed by atoms with Gasteiger partial charge in [-0.3, -0.25) is 9.59 Å². The van der Waals surface area contributed by atoms with Gasteiger partial charge in [0.05, 0.1) is 12.1 Å². The van der Waals surface area contributed by atoms with E-state index < -0.39 is 11.9 Å². The zero-order valence-electron chi connectivity index (χ0n) is 16.7. The molecule has 0 aliphatic heterocycles. The highest BCUT2D eigenvalue weighted by Crippen LogP contribution is 2.33. The molecule has 1 aromatic heterocycles. The van der Waals surface area contributed by atoms with Crippen molar-refractivity contribution in [2.24, 2.45) is 11.5 Å². The predicted molar refractivity (Wildman–Crippen MR) is 106 cm³/mol. The lowest BCUT2D eigenvalue weighted by Crippen LogP contribution is -2.26. The first kappa shape index (κ1) is 21.6. The number of aliphatic carboxylic acids is 1. The number of amides is 1. The highest BCUT2D eigenvalue weighted by atomic mass is 16.4. The lowest BCUT2D eigenvalue weighted by molar-refractivity contribution is -0.134. The van der Waals surface area contributed by atoms with Crippen LogP contribution in [0.25, 0.3) is 5.69 Å².